The number of hydrogen-bond acceptors (Lipinski definition) is 6. The summed E-state index contributed by atoms with van der Waals surface area (Å²) in [5.41, 5.74) is 29.3. The lowest BCUT2D eigenvalue weighted by atomic mass is 10.0. The van der Waals surface area contributed by atoms with Gasteiger partial charge in [-0.3, -0.25) is 29.2 Å². The van der Waals surface area contributed by atoms with Crippen molar-refractivity contribution in [1.82, 2.24) is 20.9 Å². The number of aliphatic imine (C=N–C) groups is 2. The van der Waals surface area contributed by atoms with Gasteiger partial charge in [-0.25, -0.2) is 0 Å². The van der Waals surface area contributed by atoms with Crippen LogP contribution in [0.3, 0.4) is 0 Å². The van der Waals surface area contributed by atoms with E-state index in [-0.39, 0.29) is 56.6 Å². The molecule has 0 aliphatic heterocycles. The maximum atomic E-state index is 13.7. The molecule has 0 unspecified atom stereocenters. The molecule has 290 valence electrons. The van der Waals surface area contributed by atoms with E-state index in [0.29, 0.717) is 19.3 Å². The average molecular weight is 726 g/mol. The van der Waals surface area contributed by atoms with Crippen LogP contribution in [-0.4, -0.2) is 71.7 Å². The number of nitrogens with one attached hydrogen (secondary N) is 4. The molecule has 1 aromatic heterocycles. The first-order chi connectivity index (χ1) is 25.0. The summed E-state index contributed by atoms with van der Waals surface area (Å²) in [5, 5.41) is 9.25. The number of carbonyl (C=O) groups excluding carboxylic acids is 4. The Balaban J connectivity index is 2.05. The summed E-state index contributed by atoms with van der Waals surface area (Å²) < 4.78 is 0. The Kier molecular flexibility index (Phi) is 21.0. The summed E-state index contributed by atoms with van der Waals surface area (Å²) in [6.07, 6.45) is 16.1. The Morgan fingerprint density at radius 2 is 1.15 bits per heavy atom. The minimum atomic E-state index is -1.07. The maximum absolute atomic E-state index is 13.7. The molecule has 0 saturated heterocycles. The third-order valence-corrected chi connectivity index (χ3v) is 8.94. The second kappa shape index (κ2) is 25.2. The van der Waals surface area contributed by atoms with Gasteiger partial charge in [-0.1, -0.05) is 89.3 Å². The van der Waals surface area contributed by atoms with E-state index in [1.54, 1.807) is 6.20 Å². The topological polar surface area (TPSA) is 275 Å². The highest BCUT2D eigenvalue weighted by molar-refractivity contribution is 5.94. The molecule has 1 aromatic carbocycles. The van der Waals surface area contributed by atoms with E-state index in [1.165, 1.54) is 44.9 Å². The van der Waals surface area contributed by atoms with Crippen LogP contribution in [0.5, 0.6) is 0 Å². The van der Waals surface area contributed by atoms with Crippen molar-refractivity contribution in [3.8, 4) is 0 Å². The number of amides is 4. The predicted octanol–water partition coefficient (Wildman–Crippen LogP) is 2.46. The zero-order valence-electron chi connectivity index (χ0n) is 31.0. The van der Waals surface area contributed by atoms with E-state index in [0.717, 1.165) is 35.7 Å². The quantitative estimate of drug-likeness (QED) is 0.0356. The smallest absolute Gasteiger partial charge is 0.243 e. The molecule has 2 rings (SSSR count). The Morgan fingerprint density at radius 1 is 0.654 bits per heavy atom. The van der Waals surface area contributed by atoms with Crippen LogP contribution in [0, 0.1) is 0 Å². The van der Waals surface area contributed by atoms with Crippen molar-refractivity contribution in [3.63, 3.8) is 0 Å². The van der Waals surface area contributed by atoms with Crippen LogP contribution >= 0.6 is 0 Å². The molecule has 0 saturated carbocycles. The maximum Gasteiger partial charge on any atom is 0.243 e. The van der Waals surface area contributed by atoms with Crippen molar-refractivity contribution >= 4 is 46.5 Å². The third-order valence-electron chi connectivity index (χ3n) is 8.94. The minimum Gasteiger partial charge on any atom is -0.370 e. The Bertz CT molecular complexity index is 1430. The molecule has 0 radical (unpaired) electrons. The second-order valence-electron chi connectivity index (χ2n) is 13.4. The van der Waals surface area contributed by atoms with Crippen molar-refractivity contribution in [2.45, 2.75) is 134 Å². The molecule has 52 heavy (non-hydrogen) atoms. The fourth-order valence-electron chi connectivity index (χ4n) is 6.05. The normalized spacial score (nSPS) is 12.7. The number of hydrogen-bond donors (Lipinski definition) is 9. The van der Waals surface area contributed by atoms with Gasteiger partial charge >= 0.3 is 0 Å². The van der Waals surface area contributed by atoms with Crippen molar-refractivity contribution in [2.75, 3.05) is 13.1 Å². The van der Waals surface area contributed by atoms with Crippen LogP contribution in [-0.2, 0) is 25.6 Å². The second-order valence-corrected chi connectivity index (χ2v) is 13.4. The lowest BCUT2D eigenvalue weighted by Crippen LogP contribution is -2.56. The van der Waals surface area contributed by atoms with Gasteiger partial charge in [0.2, 0.25) is 23.6 Å². The van der Waals surface area contributed by atoms with Crippen LogP contribution in [0.25, 0.3) is 10.9 Å². The van der Waals surface area contributed by atoms with Gasteiger partial charge in [0.05, 0.1) is 0 Å². The zero-order chi connectivity index (χ0) is 38.1. The van der Waals surface area contributed by atoms with Gasteiger partial charge in [0.25, 0.3) is 0 Å². The number of benzene rings is 1. The fourth-order valence-corrected chi connectivity index (χ4v) is 6.05. The van der Waals surface area contributed by atoms with E-state index in [2.05, 4.69) is 37.8 Å². The van der Waals surface area contributed by atoms with Gasteiger partial charge in [-0.05, 0) is 43.7 Å². The summed E-state index contributed by atoms with van der Waals surface area (Å²) in [6.45, 7) is 2.70. The average Bonchev–Trinajstić information content (AvgIpc) is 3.51. The molecule has 1 heterocycles. The van der Waals surface area contributed by atoms with Gasteiger partial charge < -0.3 is 49.6 Å². The van der Waals surface area contributed by atoms with Gasteiger partial charge in [-0.2, -0.15) is 0 Å². The van der Waals surface area contributed by atoms with Crippen molar-refractivity contribution in [3.05, 3.63) is 36.0 Å². The number of primary amides is 1. The minimum absolute atomic E-state index is 0.0734. The number of aromatic amines is 1. The van der Waals surface area contributed by atoms with Gasteiger partial charge in [0.1, 0.15) is 18.1 Å². The summed E-state index contributed by atoms with van der Waals surface area (Å²) >= 11 is 0. The fraction of sp³-hybridized carbons (Fsp3) is 0.622. The van der Waals surface area contributed by atoms with Crippen molar-refractivity contribution in [2.24, 2.45) is 38.7 Å². The van der Waals surface area contributed by atoms with Crippen LogP contribution in [0.4, 0.5) is 0 Å². The zero-order valence-corrected chi connectivity index (χ0v) is 31.0. The lowest BCUT2D eigenvalue weighted by molar-refractivity contribution is -0.133. The van der Waals surface area contributed by atoms with Gasteiger partial charge in [0.15, 0.2) is 11.9 Å². The molecule has 0 bridgehead atoms. The summed E-state index contributed by atoms with van der Waals surface area (Å²) in [7, 11) is 0. The summed E-state index contributed by atoms with van der Waals surface area (Å²) in [6, 6.07) is 4.52. The highest BCUT2D eigenvalue weighted by atomic mass is 16.2. The number of unbranched alkanes of at least 4 members (excludes halogenated alkanes) is 10. The molecule has 15 heteroatoms. The van der Waals surface area contributed by atoms with Gasteiger partial charge in [0, 0.05) is 43.0 Å². The summed E-state index contributed by atoms with van der Waals surface area (Å²) in [4.78, 5) is 64.0. The number of aromatic nitrogens is 1. The molecular formula is C37H63N11O4. The Labute approximate surface area is 308 Å². The van der Waals surface area contributed by atoms with Crippen LogP contribution in [0.1, 0.15) is 115 Å². The first kappa shape index (κ1) is 43.3. The van der Waals surface area contributed by atoms with E-state index in [1.807, 2.05) is 24.3 Å². The van der Waals surface area contributed by atoms with E-state index in [9.17, 15) is 19.2 Å². The number of rotatable bonds is 28. The van der Waals surface area contributed by atoms with E-state index >= 15 is 0 Å². The highest BCUT2D eigenvalue weighted by Gasteiger charge is 2.29. The largest absolute Gasteiger partial charge is 0.370 e. The Hall–Kier alpha value is -4.82. The monoisotopic (exact) mass is 726 g/mol. The molecule has 0 aliphatic rings. The summed E-state index contributed by atoms with van der Waals surface area (Å²) in [5.74, 6) is -2.30. The number of carbonyl (C=O) groups is 4. The molecule has 0 aliphatic carbocycles. The predicted molar refractivity (Wildman–Crippen MR) is 208 cm³/mol. The van der Waals surface area contributed by atoms with E-state index in [4.69, 9.17) is 28.7 Å². The van der Waals surface area contributed by atoms with Crippen molar-refractivity contribution in [1.29, 1.82) is 0 Å². The lowest BCUT2D eigenvalue weighted by Gasteiger charge is -2.25. The van der Waals surface area contributed by atoms with E-state index < -0.39 is 35.8 Å². The standard InChI is InChI=1S/C37H63N11O4/c1-2-3-4-5-6-7-8-9-10-11-12-21-32(49)46-29(19-15-22-43-36(39)40)34(51)47-30(20-16-23-44-37(41)42)35(52)48-31(33(38)50)24-26-25-45-28-18-14-13-17-27(26)28/h13-14,17-18,25,29-31,45H,2-12,15-16,19-24H2,1H3,(H2,38,50)(H,46,49)(H,47,51)(H,48,52)(H4,39,40,43)(H4,41,42,44)/t29-,30-,31-/m0/s1. The number of fused-ring (bicyclic) bond motifs is 1. The molecule has 0 fully saturated rings. The molecule has 2 aromatic rings. The molecule has 3 atom stereocenters. The number of nitrogens with zero attached hydrogens (tertiary/aromatic N) is 2. The number of H-pyrrole nitrogens is 1. The SMILES string of the molecule is CCCCCCCCCCCCCC(=O)N[C@@H](CCCN=C(N)N)C(=O)N[C@@H](CCCN=C(N)N)C(=O)N[C@@H](Cc1c[nH]c2ccccc12)C(N)=O. The highest BCUT2D eigenvalue weighted by Crippen LogP contribution is 2.19. The van der Waals surface area contributed by atoms with Crippen LogP contribution < -0.4 is 44.6 Å². The first-order valence-corrected chi connectivity index (χ1v) is 18.9. The van der Waals surface area contributed by atoms with Gasteiger partial charge in [-0.15, -0.1) is 0 Å². The van der Waals surface area contributed by atoms with Crippen LogP contribution in [0.15, 0.2) is 40.4 Å². The van der Waals surface area contributed by atoms with Crippen molar-refractivity contribution < 1.29 is 19.2 Å². The first-order valence-electron chi connectivity index (χ1n) is 18.9. The number of para-hydroxylation sites is 1. The molecule has 0 spiro atoms. The molecular weight excluding hydrogens is 662 g/mol. The molecule has 4 amide bonds. The number of nitrogens with two attached hydrogens (primary N) is 5. The Morgan fingerprint density at radius 3 is 1.69 bits per heavy atom. The molecule has 14 N–H and O–H groups in total. The third kappa shape index (κ3) is 17.9. The molecule has 15 nitrogen and oxygen atoms in total. The van der Waals surface area contributed by atoms with Crippen LogP contribution in [0.2, 0.25) is 0 Å². The number of guanidine groups is 2.